The number of hydrogen-bond acceptors (Lipinski definition) is 5. The summed E-state index contributed by atoms with van der Waals surface area (Å²) < 4.78 is 10.3. The van der Waals surface area contributed by atoms with Gasteiger partial charge >= 0.3 is 5.97 Å². The molecule has 0 aliphatic carbocycles. The van der Waals surface area contributed by atoms with Gasteiger partial charge in [0.2, 0.25) is 5.89 Å². The van der Waals surface area contributed by atoms with Gasteiger partial charge in [-0.2, -0.15) is 0 Å². The third kappa shape index (κ3) is 6.29. The van der Waals surface area contributed by atoms with Gasteiger partial charge in [-0.1, -0.05) is 0 Å². The molecule has 0 radical (unpaired) electrons. The fraction of sp³-hybridized carbons (Fsp3) is 0.643. The highest BCUT2D eigenvalue weighted by atomic mass is 16.5. The van der Waals surface area contributed by atoms with Crippen molar-refractivity contribution in [2.24, 2.45) is 4.99 Å². The second kappa shape index (κ2) is 8.99. The highest BCUT2D eigenvalue weighted by Gasteiger charge is 2.06. The van der Waals surface area contributed by atoms with Crippen LogP contribution in [0, 0.1) is 13.8 Å². The number of nitrogens with zero attached hydrogens (tertiary/aromatic N) is 2. The molecule has 0 spiro atoms. The van der Waals surface area contributed by atoms with Crippen LogP contribution in [0.3, 0.4) is 0 Å². The summed E-state index contributed by atoms with van der Waals surface area (Å²) in [5.74, 6) is 1.92. The van der Waals surface area contributed by atoms with Crippen molar-refractivity contribution in [3.63, 3.8) is 0 Å². The lowest BCUT2D eigenvalue weighted by Gasteiger charge is -2.10. The summed E-state index contributed by atoms with van der Waals surface area (Å²) in [7, 11) is 1.69. The quantitative estimate of drug-likeness (QED) is 0.341. The Labute approximate surface area is 125 Å². The maximum atomic E-state index is 11.2. The monoisotopic (exact) mass is 296 g/mol. The number of hydrogen-bond donors (Lipinski definition) is 2. The molecule has 0 amide bonds. The summed E-state index contributed by atoms with van der Waals surface area (Å²) >= 11 is 0. The fourth-order valence-electron chi connectivity index (χ4n) is 1.67. The topological polar surface area (TPSA) is 88.8 Å². The average Bonchev–Trinajstić information content (AvgIpc) is 2.77. The maximum absolute atomic E-state index is 11.2. The Hall–Kier alpha value is -2.05. The van der Waals surface area contributed by atoms with Gasteiger partial charge in [0.15, 0.2) is 5.96 Å². The van der Waals surface area contributed by atoms with E-state index in [1.807, 2.05) is 13.8 Å². The normalized spacial score (nSPS) is 11.3. The van der Waals surface area contributed by atoms with E-state index in [1.165, 1.54) is 0 Å². The van der Waals surface area contributed by atoms with Crippen molar-refractivity contribution in [3.8, 4) is 0 Å². The van der Waals surface area contributed by atoms with Crippen LogP contribution < -0.4 is 10.6 Å². The lowest BCUT2D eigenvalue weighted by Crippen LogP contribution is -2.37. The molecule has 7 heteroatoms. The summed E-state index contributed by atoms with van der Waals surface area (Å²) in [5.41, 5.74) is 0.893. The number of aryl methyl sites for hydroxylation is 2. The molecule has 2 N–H and O–H groups in total. The Kier molecular flexibility index (Phi) is 7.28. The van der Waals surface area contributed by atoms with E-state index in [9.17, 15) is 4.79 Å². The van der Waals surface area contributed by atoms with E-state index < -0.39 is 0 Å². The zero-order valence-electron chi connectivity index (χ0n) is 13.2. The van der Waals surface area contributed by atoms with Crippen molar-refractivity contribution in [3.05, 3.63) is 17.3 Å². The molecule has 0 aliphatic heterocycles. The van der Waals surface area contributed by atoms with Crippen LogP contribution >= 0.6 is 0 Å². The Bertz CT molecular complexity index is 463. The van der Waals surface area contributed by atoms with Crippen LogP contribution in [0.4, 0.5) is 0 Å². The number of aromatic nitrogens is 1. The Morgan fingerprint density at radius 2 is 2.14 bits per heavy atom. The number of aliphatic imine (C=N–C) groups is 1. The second-order valence-electron chi connectivity index (χ2n) is 4.51. The highest BCUT2D eigenvalue weighted by Crippen LogP contribution is 2.07. The van der Waals surface area contributed by atoms with Crippen LogP contribution in [0.1, 0.15) is 37.1 Å². The zero-order chi connectivity index (χ0) is 15.7. The molecule has 1 rings (SSSR count). The number of oxazole rings is 1. The van der Waals surface area contributed by atoms with Gasteiger partial charge in [0.05, 0.1) is 18.8 Å². The molecule has 0 saturated carbocycles. The average molecular weight is 296 g/mol. The summed E-state index contributed by atoms with van der Waals surface area (Å²) in [6, 6.07) is 0. The largest absolute Gasteiger partial charge is 0.466 e. The molecule has 1 heterocycles. The first-order valence-corrected chi connectivity index (χ1v) is 7.09. The molecule has 21 heavy (non-hydrogen) atoms. The molecule has 0 fully saturated rings. The highest BCUT2D eigenvalue weighted by molar-refractivity contribution is 5.79. The molecule has 7 nitrogen and oxygen atoms in total. The predicted octanol–water partition coefficient (Wildman–Crippen LogP) is 1.30. The minimum absolute atomic E-state index is 0.173. The first-order valence-electron chi connectivity index (χ1n) is 7.09. The van der Waals surface area contributed by atoms with Crippen LogP contribution in [0.15, 0.2) is 9.41 Å². The molecule has 1 aromatic heterocycles. The third-order valence-electron chi connectivity index (χ3n) is 2.86. The third-order valence-corrected chi connectivity index (χ3v) is 2.86. The van der Waals surface area contributed by atoms with Gasteiger partial charge in [0.25, 0.3) is 0 Å². The van der Waals surface area contributed by atoms with E-state index in [2.05, 4.69) is 20.6 Å². The van der Waals surface area contributed by atoms with Crippen LogP contribution in [0.2, 0.25) is 0 Å². The second-order valence-corrected chi connectivity index (χ2v) is 4.51. The van der Waals surface area contributed by atoms with E-state index in [0.29, 0.717) is 44.4 Å². The Balaban J connectivity index is 2.25. The number of carbonyl (C=O) groups excluding carboxylic acids is 1. The van der Waals surface area contributed by atoms with Gasteiger partial charge < -0.3 is 19.8 Å². The lowest BCUT2D eigenvalue weighted by atomic mass is 10.3. The minimum atomic E-state index is -0.173. The van der Waals surface area contributed by atoms with E-state index in [0.717, 1.165) is 11.5 Å². The molecular formula is C14H24N4O3. The number of ether oxygens (including phenoxy) is 1. The SMILES string of the molecule is CCOC(=O)CCCNC(=NC)NCc1nc(C)c(C)o1. The summed E-state index contributed by atoms with van der Waals surface area (Å²) in [5, 5.41) is 6.23. The Morgan fingerprint density at radius 3 is 2.71 bits per heavy atom. The van der Waals surface area contributed by atoms with E-state index in [4.69, 9.17) is 9.15 Å². The molecule has 0 bridgehead atoms. The van der Waals surface area contributed by atoms with Gasteiger partial charge in [-0.3, -0.25) is 9.79 Å². The molecule has 0 atom stereocenters. The first-order chi connectivity index (χ1) is 10.1. The fourth-order valence-corrected chi connectivity index (χ4v) is 1.67. The van der Waals surface area contributed by atoms with Crippen molar-refractivity contribution >= 4 is 11.9 Å². The molecule has 0 saturated heterocycles. The predicted molar refractivity (Wildman–Crippen MR) is 80.0 cm³/mol. The van der Waals surface area contributed by atoms with Crippen LogP contribution in [-0.4, -0.2) is 37.1 Å². The lowest BCUT2D eigenvalue weighted by molar-refractivity contribution is -0.143. The summed E-state index contributed by atoms with van der Waals surface area (Å²) in [6.45, 7) is 7.12. The summed E-state index contributed by atoms with van der Waals surface area (Å²) in [6.07, 6.45) is 1.09. The molecule has 0 aliphatic rings. The van der Waals surface area contributed by atoms with Crippen molar-refractivity contribution in [2.75, 3.05) is 20.2 Å². The Morgan fingerprint density at radius 1 is 1.38 bits per heavy atom. The molecule has 118 valence electrons. The first kappa shape index (κ1) is 17.0. The summed E-state index contributed by atoms with van der Waals surface area (Å²) in [4.78, 5) is 19.6. The molecule has 0 unspecified atom stereocenters. The van der Waals surface area contributed by atoms with E-state index in [1.54, 1.807) is 14.0 Å². The van der Waals surface area contributed by atoms with Gasteiger partial charge in [-0.25, -0.2) is 4.98 Å². The van der Waals surface area contributed by atoms with Crippen molar-refractivity contribution in [1.82, 2.24) is 15.6 Å². The van der Waals surface area contributed by atoms with Crippen molar-refractivity contribution < 1.29 is 13.9 Å². The smallest absolute Gasteiger partial charge is 0.305 e. The van der Waals surface area contributed by atoms with E-state index in [-0.39, 0.29) is 5.97 Å². The number of guanidine groups is 1. The standard InChI is InChI=1S/C14H24N4O3/c1-5-20-13(19)7-6-8-16-14(15-4)17-9-12-18-10(2)11(3)21-12/h5-9H2,1-4H3,(H2,15,16,17). The van der Waals surface area contributed by atoms with Crippen molar-refractivity contribution in [2.45, 2.75) is 40.2 Å². The van der Waals surface area contributed by atoms with Crippen LogP contribution in [-0.2, 0) is 16.1 Å². The van der Waals surface area contributed by atoms with Gasteiger partial charge in [-0.15, -0.1) is 0 Å². The molecule has 1 aromatic rings. The molecular weight excluding hydrogens is 272 g/mol. The van der Waals surface area contributed by atoms with Gasteiger partial charge in [0, 0.05) is 20.0 Å². The number of esters is 1. The van der Waals surface area contributed by atoms with Crippen molar-refractivity contribution in [1.29, 1.82) is 0 Å². The maximum Gasteiger partial charge on any atom is 0.305 e. The van der Waals surface area contributed by atoms with Gasteiger partial charge in [-0.05, 0) is 27.2 Å². The zero-order valence-corrected chi connectivity index (χ0v) is 13.2. The van der Waals surface area contributed by atoms with Crippen LogP contribution in [0.5, 0.6) is 0 Å². The van der Waals surface area contributed by atoms with Crippen LogP contribution in [0.25, 0.3) is 0 Å². The number of carbonyl (C=O) groups is 1. The number of nitrogens with one attached hydrogen (secondary N) is 2. The van der Waals surface area contributed by atoms with E-state index >= 15 is 0 Å². The molecule has 0 aromatic carbocycles. The number of rotatable bonds is 7. The van der Waals surface area contributed by atoms with Gasteiger partial charge in [0.1, 0.15) is 5.76 Å². The minimum Gasteiger partial charge on any atom is -0.466 e.